The first-order valence-electron chi connectivity index (χ1n) is 5.64. The number of rotatable bonds is 0. The van der Waals surface area contributed by atoms with E-state index in [1.54, 1.807) is 0 Å². The molecule has 0 atom stereocenters. The summed E-state index contributed by atoms with van der Waals surface area (Å²) in [6, 6.07) is 6.72. The quantitative estimate of drug-likeness (QED) is 0.631. The van der Waals surface area contributed by atoms with Gasteiger partial charge in [-0.1, -0.05) is 12.1 Å². The number of fused-ring (bicyclic) bond motifs is 2. The molecule has 1 aromatic heterocycles. The maximum Gasteiger partial charge on any atom is 0.0737 e. The van der Waals surface area contributed by atoms with Gasteiger partial charge in [0.2, 0.25) is 0 Å². The number of aryl methyl sites for hydroxylation is 4. The van der Waals surface area contributed by atoms with E-state index in [0.29, 0.717) is 0 Å². The Morgan fingerprint density at radius 1 is 1.13 bits per heavy atom. The second-order valence-electron chi connectivity index (χ2n) is 4.53. The number of hydrogen-bond donors (Lipinski definition) is 0. The van der Waals surface area contributed by atoms with Crippen LogP contribution in [0.3, 0.4) is 0 Å². The lowest BCUT2D eigenvalue weighted by atomic mass is 10.0. The van der Waals surface area contributed by atoms with Gasteiger partial charge in [-0.2, -0.15) is 0 Å². The van der Waals surface area contributed by atoms with E-state index in [0.717, 1.165) is 0 Å². The lowest BCUT2D eigenvalue weighted by Crippen LogP contribution is -1.93. The average Bonchev–Trinajstić information content (AvgIpc) is 2.68. The topological polar surface area (TPSA) is 12.9 Å². The van der Waals surface area contributed by atoms with Gasteiger partial charge in [0.15, 0.2) is 0 Å². The van der Waals surface area contributed by atoms with E-state index in [2.05, 4.69) is 32.0 Å². The van der Waals surface area contributed by atoms with Crippen molar-refractivity contribution in [3.63, 3.8) is 0 Å². The van der Waals surface area contributed by atoms with Crippen molar-refractivity contribution in [3.8, 4) is 0 Å². The monoisotopic (exact) mass is 197 g/mol. The molecule has 0 aliphatic heterocycles. The fraction of sp³-hybridized carbons (Fsp3) is 0.357. The second-order valence-corrected chi connectivity index (χ2v) is 4.53. The maximum absolute atomic E-state index is 4.82. The van der Waals surface area contributed by atoms with Crippen molar-refractivity contribution in [2.24, 2.45) is 0 Å². The summed E-state index contributed by atoms with van der Waals surface area (Å²) in [7, 11) is 0. The van der Waals surface area contributed by atoms with E-state index in [1.165, 1.54) is 52.5 Å². The van der Waals surface area contributed by atoms with Gasteiger partial charge in [-0.15, -0.1) is 0 Å². The third kappa shape index (κ3) is 1.26. The van der Waals surface area contributed by atoms with Crippen LogP contribution in [0.2, 0.25) is 0 Å². The third-order valence-corrected chi connectivity index (χ3v) is 3.54. The highest BCUT2D eigenvalue weighted by Crippen LogP contribution is 2.27. The summed E-state index contributed by atoms with van der Waals surface area (Å²) in [6.45, 7) is 4.33. The van der Waals surface area contributed by atoms with E-state index < -0.39 is 0 Å². The van der Waals surface area contributed by atoms with Crippen LogP contribution in [-0.4, -0.2) is 4.98 Å². The fourth-order valence-electron chi connectivity index (χ4n) is 2.44. The molecule has 1 nitrogen and oxygen atoms in total. The second kappa shape index (κ2) is 3.06. The van der Waals surface area contributed by atoms with Gasteiger partial charge in [0.25, 0.3) is 0 Å². The first-order chi connectivity index (χ1) is 7.25. The maximum atomic E-state index is 4.82. The molecule has 0 unspecified atom stereocenters. The predicted molar refractivity (Wildman–Crippen MR) is 63.2 cm³/mol. The molecule has 76 valence electrons. The molecule has 0 spiro atoms. The van der Waals surface area contributed by atoms with E-state index in [4.69, 9.17) is 4.98 Å². The molecule has 1 aliphatic carbocycles. The van der Waals surface area contributed by atoms with Gasteiger partial charge in [-0.3, -0.25) is 4.98 Å². The summed E-state index contributed by atoms with van der Waals surface area (Å²) in [5.41, 5.74) is 6.67. The van der Waals surface area contributed by atoms with Crippen molar-refractivity contribution in [2.45, 2.75) is 33.1 Å². The Morgan fingerprint density at radius 2 is 2.00 bits per heavy atom. The van der Waals surface area contributed by atoms with Crippen LogP contribution < -0.4 is 0 Å². The van der Waals surface area contributed by atoms with Gasteiger partial charge in [0, 0.05) is 11.1 Å². The van der Waals surface area contributed by atoms with Crippen molar-refractivity contribution < 1.29 is 0 Å². The van der Waals surface area contributed by atoms with E-state index in [1.807, 2.05) is 0 Å². The van der Waals surface area contributed by atoms with Crippen LogP contribution in [0.4, 0.5) is 0 Å². The molecule has 1 aliphatic rings. The minimum Gasteiger partial charge on any atom is -0.252 e. The highest BCUT2D eigenvalue weighted by Gasteiger charge is 2.14. The lowest BCUT2D eigenvalue weighted by molar-refractivity contribution is 0.901. The largest absolute Gasteiger partial charge is 0.252 e. The Hall–Kier alpha value is -1.37. The van der Waals surface area contributed by atoms with Gasteiger partial charge < -0.3 is 0 Å². The fourth-order valence-corrected chi connectivity index (χ4v) is 2.44. The van der Waals surface area contributed by atoms with E-state index >= 15 is 0 Å². The van der Waals surface area contributed by atoms with E-state index in [9.17, 15) is 0 Å². The Labute approximate surface area is 90.2 Å². The molecular formula is C14H15N. The van der Waals surface area contributed by atoms with Crippen LogP contribution in [-0.2, 0) is 12.8 Å². The Balaban J connectivity index is 2.38. The smallest absolute Gasteiger partial charge is 0.0737 e. The molecule has 0 amide bonds. The molecular weight excluding hydrogens is 182 g/mol. The number of nitrogens with zero attached hydrogens (tertiary/aromatic N) is 1. The number of pyridine rings is 1. The van der Waals surface area contributed by atoms with Crippen molar-refractivity contribution in [1.82, 2.24) is 4.98 Å². The van der Waals surface area contributed by atoms with Crippen molar-refractivity contribution in [1.29, 1.82) is 0 Å². The van der Waals surface area contributed by atoms with Crippen LogP contribution in [0.15, 0.2) is 18.2 Å². The molecule has 1 heterocycles. The Bertz CT molecular complexity index is 541. The SMILES string of the molecule is Cc1ccc2cc3c(nc2c1C)CCC3. The zero-order chi connectivity index (χ0) is 10.4. The van der Waals surface area contributed by atoms with Crippen LogP contribution in [0.25, 0.3) is 10.9 Å². The first-order valence-corrected chi connectivity index (χ1v) is 5.64. The number of hydrogen-bond acceptors (Lipinski definition) is 1. The first kappa shape index (κ1) is 8.90. The molecule has 15 heavy (non-hydrogen) atoms. The Morgan fingerprint density at radius 3 is 2.87 bits per heavy atom. The van der Waals surface area contributed by atoms with Gasteiger partial charge in [0.05, 0.1) is 5.52 Å². The molecule has 0 radical (unpaired) electrons. The zero-order valence-electron chi connectivity index (χ0n) is 9.30. The average molecular weight is 197 g/mol. The molecule has 0 fully saturated rings. The standard InChI is InChI=1S/C14H15N/c1-9-6-7-12-8-11-4-3-5-13(11)15-14(12)10(9)2/h6-8H,3-5H2,1-2H3. The summed E-state index contributed by atoms with van der Waals surface area (Å²) >= 11 is 0. The van der Waals surface area contributed by atoms with Crippen LogP contribution >= 0.6 is 0 Å². The minimum absolute atomic E-state index is 1.17. The minimum atomic E-state index is 1.17. The summed E-state index contributed by atoms with van der Waals surface area (Å²) in [5, 5.41) is 1.30. The summed E-state index contributed by atoms with van der Waals surface area (Å²) in [4.78, 5) is 4.82. The van der Waals surface area contributed by atoms with Crippen molar-refractivity contribution in [2.75, 3.05) is 0 Å². The molecule has 0 bridgehead atoms. The molecule has 0 N–H and O–H groups in total. The van der Waals surface area contributed by atoms with E-state index in [-0.39, 0.29) is 0 Å². The van der Waals surface area contributed by atoms with Crippen LogP contribution in [0, 0.1) is 13.8 Å². The van der Waals surface area contributed by atoms with Gasteiger partial charge >= 0.3 is 0 Å². The number of aromatic nitrogens is 1. The van der Waals surface area contributed by atoms with Crippen molar-refractivity contribution in [3.05, 3.63) is 40.6 Å². The van der Waals surface area contributed by atoms with Gasteiger partial charge in [-0.05, 0) is 55.9 Å². The molecule has 1 heteroatoms. The lowest BCUT2D eigenvalue weighted by Gasteiger charge is -2.07. The van der Waals surface area contributed by atoms with Crippen molar-refractivity contribution >= 4 is 10.9 Å². The molecule has 0 saturated heterocycles. The Kier molecular flexibility index (Phi) is 1.82. The summed E-state index contributed by atoms with van der Waals surface area (Å²) < 4.78 is 0. The van der Waals surface area contributed by atoms with Crippen LogP contribution in [0.1, 0.15) is 28.8 Å². The molecule has 2 aromatic rings. The third-order valence-electron chi connectivity index (χ3n) is 3.54. The zero-order valence-corrected chi connectivity index (χ0v) is 9.30. The highest BCUT2D eigenvalue weighted by atomic mass is 14.7. The summed E-state index contributed by atoms with van der Waals surface area (Å²) in [6.07, 6.45) is 3.65. The summed E-state index contributed by atoms with van der Waals surface area (Å²) in [5.74, 6) is 0. The highest BCUT2D eigenvalue weighted by molar-refractivity contribution is 5.83. The predicted octanol–water partition coefficient (Wildman–Crippen LogP) is 3.34. The molecule has 1 aromatic carbocycles. The van der Waals surface area contributed by atoms with Gasteiger partial charge in [-0.25, -0.2) is 0 Å². The molecule has 0 saturated carbocycles. The van der Waals surface area contributed by atoms with Crippen LogP contribution in [0.5, 0.6) is 0 Å². The van der Waals surface area contributed by atoms with Gasteiger partial charge in [0.1, 0.15) is 0 Å². The normalized spacial score (nSPS) is 14.5. The number of benzene rings is 1. The molecule has 3 rings (SSSR count).